The van der Waals surface area contributed by atoms with Gasteiger partial charge in [-0.1, -0.05) is 85.6 Å². The first-order valence-electron chi connectivity index (χ1n) is 13.9. The Bertz CT molecular complexity index is 1640. The standard InChI is InChI=1S/C33H33N3O3S/c1-22-12-4-8-16-26(22)36-31(38)29-30(24-14-6-5-13-23(24)20-33(29)18-10-3-11-19-33)35-32(36)40-21-28(37)34-25-15-7-9-17-27(25)39-2/h4-9,12-17H,3,10-11,18-21H2,1-2H3,(H,34,37). The number of hydrogen-bond acceptors (Lipinski definition) is 5. The zero-order chi connectivity index (χ0) is 27.7. The lowest BCUT2D eigenvalue weighted by molar-refractivity contribution is -0.113. The van der Waals surface area contributed by atoms with Gasteiger partial charge in [0.05, 0.1) is 35.5 Å². The lowest BCUT2D eigenvalue weighted by Gasteiger charge is -2.42. The predicted octanol–water partition coefficient (Wildman–Crippen LogP) is 6.71. The molecule has 1 aromatic heterocycles. The Balaban J connectivity index is 1.47. The molecule has 6 nitrogen and oxygen atoms in total. The molecule has 1 N–H and O–H groups in total. The summed E-state index contributed by atoms with van der Waals surface area (Å²) >= 11 is 1.29. The summed E-state index contributed by atoms with van der Waals surface area (Å²) in [7, 11) is 1.58. The molecule has 0 unspecified atom stereocenters. The zero-order valence-electron chi connectivity index (χ0n) is 22.9. The van der Waals surface area contributed by atoms with E-state index in [9.17, 15) is 9.59 Å². The molecule has 40 heavy (non-hydrogen) atoms. The Morgan fingerprint density at radius 2 is 1.73 bits per heavy atom. The number of nitrogens with zero attached hydrogens (tertiary/aromatic N) is 2. The van der Waals surface area contributed by atoms with Gasteiger partial charge >= 0.3 is 0 Å². The van der Waals surface area contributed by atoms with Crippen LogP contribution in [0.5, 0.6) is 5.75 Å². The van der Waals surface area contributed by atoms with Crippen LogP contribution in [-0.4, -0.2) is 28.3 Å². The van der Waals surface area contributed by atoms with Crippen LogP contribution < -0.4 is 15.6 Å². The maximum atomic E-state index is 14.7. The third-order valence-electron chi connectivity index (χ3n) is 8.26. The summed E-state index contributed by atoms with van der Waals surface area (Å²) < 4.78 is 7.14. The molecule has 2 aliphatic carbocycles. The first kappa shape index (κ1) is 26.4. The highest BCUT2D eigenvalue weighted by atomic mass is 32.2. The first-order valence-corrected chi connectivity index (χ1v) is 14.9. The molecule has 0 radical (unpaired) electrons. The smallest absolute Gasteiger partial charge is 0.263 e. The maximum absolute atomic E-state index is 14.7. The minimum absolute atomic E-state index is 0.0108. The van der Waals surface area contributed by atoms with Gasteiger partial charge in [-0.3, -0.25) is 14.2 Å². The fourth-order valence-corrected chi connectivity index (χ4v) is 7.17. The van der Waals surface area contributed by atoms with Crippen molar-refractivity contribution in [3.63, 3.8) is 0 Å². The van der Waals surface area contributed by atoms with Crippen LogP contribution in [0.1, 0.15) is 48.8 Å². The number of methoxy groups -OCH3 is 1. The van der Waals surface area contributed by atoms with E-state index in [1.165, 1.54) is 23.7 Å². The summed E-state index contributed by atoms with van der Waals surface area (Å²) in [5.74, 6) is 0.503. The van der Waals surface area contributed by atoms with E-state index in [1.54, 1.807) is 11.7 Å². The highest BCUT2D eigenvalue weighted by Crippen LogP contribution is 2.49. The monoisotopic (exact) mass is 551 g/mol. The molecule has 204 valence electrons. The van der Waals surface area contributed by atoms with Crippen LogP contribution in [0, 0.1) is 6.92 Å². The summed E-state index contributed by atoms with van der Waals surface area (Å²) in [6.07, 6.45) is 6.29. The van der Waals surface area contributed by atoms with E-state index in [2.05, 4.69) is 23.5 Å². The number of aryl methyl sites for hydroxylation is 1. The van der Waals surface area contributed by atoms with Gasteiger partial charge in [-0.2, -0.15) is 0 Å². The Kier molecular flexibility index (Phi) is 7.24. The van der Waals surface area contributed by atoms with Gasteiger partial charge in [0.25, 0.3) is 5.56 Å². The second kappa shape index (κ2) is 11.0. The van der Waals surface area contributed by atoms with E-state index in [4.69, 9.17) is 9.72 Å². The molecule has 6 rings (SSSR count). The van der Waals surface area contributed by atoms with Crippen LogP contribution >= 0.6 is 11.8 Å². The summed E-state index contributed by atoms with van der Waals surface area (Å²) in [6.45, 7) is 2.01. The van der Waals surface area contributed by atoms with E-state index < -0.39 is 0 Å². The number of carbonyl (C=O) groups is 1. The van der Waals surface area contributed by atoms with E-state index >= 15 is 0 Å². The number of nitrogens with one attached hydrogen (secondary N) is 1. The molecule has 1 fully saturated rings. The molecule has 1 amide bonds. The molecular formula is C33H33N3O3S. The third kappa shape index (κ3) is 4.73. The highest BCUT2D eigenvalue weighted by Gasteiger charge is 2.43. The van der Waals surface area contributed by atoms with Crippen molar-refractivity contribution in [2.24, 2.45) is 0 Å². The minimum Gasteiger partial charge on any atom is -0.495 e. The largest absolute Gasteiger partial charge is 0.495 e. The summed E-state index contributed by atoms with van der Waals surface area (Å²) in [5.41, 5.74) is 6.09. The van der Waals surface area contributed by atoms with Gasteiger partial charge in [-0.05, 0) is 55.5 Å². The van der Waals surface area contributed by atoms with Gasteiger partial charge in [0.1, 0.15) is 5.75 Å². The molecule has 0 aliphatic heterocycles. The van der Waals surface area contributed by atoms with E-state index in [0.29, 0.717) is 16.6 Å². The number of fused-ring (bicyclic) bond motifs is 4. The lowest BCUT2D eigenvalue weighted by Crippen LogP contribution is -2.43. The van der Waals surface area contributed by atoms with Crippen LogP contribution in [0.3, 0.4) is 0 Å². The molecule has 7 heteroatoms. The van der Waals surface area contributed by atoms with Gasteiger partial charge in [0, 0.05) is 11.0 Å². The molecule has 3 aromatic carbocycles. The first-order chi connectivity index (χ1) is 19.5. The third-order valence-corrected chi connectivity index (χ3v) is 9.20. The van der Waals surface area contributed by atoms with Crippen molar-refractivity contribution in [1.29, 1.82) is 0 Å². The Morgan fingerprint density at radius 1 is 1.00 bits per heavy atom. The average molecular weight is 552 g/mol. The number of amides is 1. The molecule has 4 aromatic rings. The Labute approximate surface area is 238 Å². The number of benzene rings is 3. The Hall–Kier alpha value is -3.84. The number of para-hydroxylation sites is 3. The SMILES string of the molecule is COc1ccccc1NC(=O)CSc1nc2c(c(=O)n1-c1ccccc1C)C1(CCCCC1)Cc1ccccc1-2. The molecule has 2 aliphatic rings. The zero-order valence-corrected chi connectivity index (χ0v) is 23.7. The van der Waals surface area contributed by atoms with Gasteiger partial charge in [-0.25, -0.2) is 4.98 Å². The molecule has 1 heterocycles. The normalized spacial score (nSPS) is 15.2. The van der Waals surface area contributed by atoms with Crippen LogP contribution in [0.25, 0.3) is 16.9 Å². The number of anilines is 1. The molecule has 1 spiro atoms. The second-order valence-electron chi connectivity index (χ2n) is 10.8. The summed E-state index contributed by atoms with van der Waals surface area (Å²) in [4.78, 5) is 33.0. The number of thioether (sulfide) groups is 1. The summed E-state index contributed by atoms with van der Waals surface area (Å²) in [5, 5.41) is 3.47. The molecule has 0 bridgehead atoms. The van der Waals surface area contributed by atoms with Crippen LogP contribution in [0.2, 0.25) is 0 Å². The Morgan fingerprint density at radius 3 is 2.52 bits per heavy atom. The van der Waals surface area contributed by atoms with Crippen LogP contribution in [-0.2, 0) is 16.6 Å². The minimum atomic E-state index is -0.207. The van der Waals surface area contributed by atoms with Gasteiger partial charge in [0.2, 0.25) is 5.91 Å². The number of aromatic nitrogens is 2. The molecule has 0 atom stereocenters. The highest BCUT2D eigenvalue weighted by molar-refractivity contribution is 7.99. The topological polar surface area (TPSA) is 73.2 Å². The van der Waals surface area contributed by atoms with E-state index in [-0.39, 0.29) is 22.6 Å². The van der Waals surface area contributed by atoms with Gasteiger partial charge in [0.15, 0.2) is 5.16 Å². The van der Waals surface area contributed by atoms with Crippen molar-refractivity contribution in [1.82, 2.24) is 9.55 Å². The molecular weight excluding hydrogens is 518 g/mol. The van der Waals surface area contributed by atoms with Crippen molar-refractivity contribution < 1.29 is 9.53 Å². The average Bonchev–Trinajstić information content (AvgIpc) is 2.97. The van der Waals surface area contributed by atoms with E-state index in [0.717, 1.165) is 60.2 Å². The number of carbonyl (C=O) groups excluding carboxylic acids is 1. The molecule has 0 saturated heterocycles. The maximum Gasteiger partial charge on any atom is 0.263 e. The fraction of sp³-hybridized carbons (Fsp3) is 0.303. The van der Waals surface area contributed by atoms with Crippen molar-refractivity contribution in [3.8, 4) is 22.7 Å². The van der Waals surface area contributed by atoms with Gasteiger partial charge in [-0.15, -0.1) is 0 Å². The van der Waals surface area contributed by atoms with Crippen molar-refractivity contribution in [2.45, 2.75) is 56.0 Å². The van der Waals surface area contributed by atoms with Crippen LogP contribution in [0.15, 0.2) is 82.7 Å². The van der Waals surface area contributed by atoms with Crippen molar-refractivity contribution in [3.05, 3.63) is 99.8 Å². The fourth-order valence-electron chi connectivity index (χ4n) is 6.38. The van der Waals surface area contributed by atoms with Gasteiger partial charge < -0.3 is 10.1 Å². The van der Waals surface area contributed by atoms with E-state index in [1.807, 2.05) is 61.5 Å². The quantitative estimate of drug-likeness (QED) is 0.213. The van der Waals surface area contributed by atoms with Crippen LogP contribution in [0.4, 0.5) is 5.69 Å². The predicted molar refractivity (Wildman–Crippen MR) is 161 cm³/mol. The second-order valence-corrected chi connectivity index (χ2v) is 11.7. The number of hydrogen-bond donors (Lipinski definition) is 1. The molecule has 1 saturated carbocycles. The number of ether oxygens (including phenoxy) is 1. The summed E-state index contributed by atoms with van der Waals surface area (Å²) in [6, 6.07) is 23.6. The lowest BCUT2D eigenvalue weighted by atomic mass is 9.62. The van der Waals surface area contributed by atoms with Crippen molar-refractivity contribution in [2.75, 3.05) is 18.2 Å². The number of rotatable bonds is 6. The van der Waals surface area contributed by atoms with Crippen molar-refractivity contribution >= 4 is 23.4 Å².